The Morgan fingerprint density at radius 3 is 1.01 bits per heavy atom. The van der Waals surface area contributed by atoms with E-state index >= 15 is 0 Å². The zero-order valence-electron chi connectivity index (χ0n) is 55.4. The number of carbonyl (C=O) groups is 3. The van der Waals surface area contributed by atoms with Crippen molar-refractivity contribution in [3.8, 4) is 46.0 Å². The van der Waals surface area contributed by atoms with Gasteiger partial charge in [0.2, 0.25) is 0 Å². The highest BCUT2D eigenvalue weighted by molar-refractivity contribution is 6.13. The molecule has 530 valence electrons. The van der Waals surface area contributed by atoms with Gasteiger partial charge in [-0.05, 0) is 298 Å². The predicted molar refractivity (Wildman–Crippen MR) is 409 cm³/mol. The van der Waals surface area contributed by atoms with Crippen molar-refractivity contribution in [3.05, 3.63) is 335 Å². The number of nitrogens with zero attached hydrogens (tertiary/aromatic N) is 4. The third kappa shape index (κ3) is 20.6. The summed E-state index contributed by atoms with van der Waals surface area (Å²) in [6, 6.07) is 74.1. The van der Waals surface area contributed by atoms with Crippen molar-refractivity contribution in [1.29, 1.82) is 0 Å². The van der Waals surface area contributed by atoms with E-state index in [2.05, 4.69) is 43.9 Å². The summed E-state index contributed by atoms with van der Waals surface area (Å²) in [6.45, 7) is 11.0. The lowest BCUT2D eigenvalue weighted by Crippen LogP contribution is -2.26. The number of rotatable bonds is 15. The number of carbonyl (C=O) groups excluding carboxylic acids is 3. The molecule has 12 rings (SSSR count). The molecule has 0 heterocycles. The van der Waals surface area contributed by atoms with E-state index in [0.29, 0.717) is 51.8 Å². The molecule has 103 heavy (non-hydrogen) atoms. The summed E-state index contributed by atoms with van der Waals surface area (Å²) in [4.78, 5) is 45.9. The first kappa shape index (κ1) is 79.1. The van der Waals surface area contributed by atoms with E-state index in [1.165, 1.54) is 81.8 Å². The molecule has 12 aromatic carbocycles. The Hall–Kier alpha value is -12.9. The van der Waals surface area contributed by atoms with Gasteiger partial charge in [0.05, 0.1) is 0 Å². The quantitative estimate of drug-likeness (QED) is 0.0480. The van der Waals surface area contributed by atoms with Gasteiger partial charge in [0.1, 0.15) is 46.1 Å². The Balaban J connectivity index is 0.000000214. The number of benzene rings is 12. The van der Waals surface area contributed by atoms with Gasteiger partial charge >= 0.3 is 0 Å². The third-order valence-electron chi connectivity index (χ3n) is 16.4. The number of halogens is 2. The number of aromatic hydroxyl groups is 8. The van der Waals surface area contributed by atoms with Crippen LogP contribution in [0.2, 0.25) is 0 Å². The molecule has 0 aromatic heterocycles. The van der Waals surface area contributed by atoms with Crippen molar-refractivity contribution in [2.75, 3.05) is 19.6 Å². The molecule has 0 radical (unpaired) electrons. The molecule has 0 aliphatic heterocycles. The SMILES string of the molecule is C.C.C.CCCc1ccc(C(=O)N(c2ccc(O)cc2)c2ccc(O)cc2)cc1.Cc1cccc(C(=O)N(c2ccc(O)cc2)c2ccc(O)cc2)c1C.Cc1cccc(CN(c2ccc(O)cc2)c2ccc(O)cc2)c1C.O=C(c1ccc(O)c(F)c1)N(c1ccc(O)cc1)c1ccc(F)cc1. The van der Waals surface area contributed by atoms with Crippen LogP contribution in [0.4, 0.5) is 54.3 Å². The molecule has 0 spiro atoms. The molecule has 0 fully saturated rings. The second-order valence-electron chi connectivity index (χ2n) is 23.3. The van der Waals surface area contributed by atoms with Gasteiger partial charge in [0.15, 0.2) is 11.6 Å². The van der Waals surface area contributed by atoms with Crippen LogP contribution in [0.25, 0.3) is 0 Å². The van der Waals surface area contributed by atoms with E-state index in [1.807, 2.05) is 74.5 Å². The van der Waals surface area contributed by atoms with Crippen molar-refractivity contribution in [3.63, 3.8) is 0 Å². The molecule has 0 atom stereocenters. The molecule has 0 saturated heterocycles. The van der Waals surface area contributed by atoms with Crippen LogP contribution in [0, 0.1) is 39.3 Å². The van der Waals surface area contributed by atoms with E-state index in [4.69, 9.17) is 0 Å². The Labute approximate surface area is 600 Å². The summed E-state index contributed by atoms with van der Waals surface area (Å²) >= 11 is 0. The number of hydrogen-bond acceptors (Lipinski definition) is 12. The van der Waals surface area contributed by atoms with Crippen LogP contribution >= 0.6 is 0 Å². The first-order valence-electron chi connectivity index (χ1n) is 31.8. The van der Waals surface area contributed by atoms with Gasteiger partial charge in [-0.2, -0.15) is 0 Å². The molecule has 0 aliphatic rings. The molecule has 15 nitrogen and oxygen atoms in total. The first-order valence-corrected chi connectivity index (χ1v) is 31.8. The maximum absolute atomic E-state index is 13.6. The molecule has 0 aliphatic carbocycles. The molecule has 12 aromatic rings. The fourth-order valence-electron chi connectivity index (χ4n) is 10.6. The van der Waals surface area contributed by atoms with Gasteiger partial charge < -0.3 is 45.8 Å². The zero-order valence-corrected chi connectivity index (χ0v) is 55.4. The van der Waals surface area contributed by atoms with E-state index < -0.39 is 23.3 Å². The van der Waals surface area contributed by atoms with E-state index in [9.17, 15) is 64.0 Å². The van der Waals surface area contributed by atoms with E-state index in [0.717, 1.165) is 47.5 Å². The zero-order chi connectivity index (χ0) is 71.6. The van der Waals surface area contributed by atoms with Gasteiger partial charge in [0, 0.05) is 68.7 Å². The average Bonchev–Trinajstić information content (AvgIpc) is 0.810. The van der Waals surface area contributed by atoms with Crippen LogP contribution in [0.5, 0.6) is 46.0 Å². The van der Waals surface area contributed by atoms with Crippen LogP contribution < -0.4 is 19.6 Å². The van der Waals surface area contributed by atoms with Gasteiger partial charge in [0.25, 0.3) is 17.7 Å². The van der Waals surface area contributed by atoms with Gasteiger partial charge in [-0.15, -0.1) is 0 Å². The molecule has 0 saturated carbocycles. The summed E-state index contributed by atoms with van der Waals surface area (Å²) < 4.78 is 26.8. The number of hydrogen-bond donors (Lipinski definition) is 8. The van der Waals surface area contributed by atoms with Crippen molar-refractivity contribution in [1.82, 2.24) is 0 Å². The van der Waals surface area contributed by atoms with Gasteiger partial charge in [-0.25, -0.2) is 8.78 Å². The topological polar surface area (TPSA) is 226 Å². The van der Waals surface area contributed by atoms with Crippen LogP contribution in [0.1, 0.15) is 100 Å². The fourth-order valence-corrected chi connectivity index (χ4v) is 10.6. The summed E-state index contributed by atoms with van der Waals surface area (Å²) in [5.41, 5.74) is 13.4. The molecule has 17 heteroatoms. The Morgan fingerprint density at radius 1 is 0.340 bits per heavy atom. The Kier molecular flexibility index (Phi) is 28.3. The van der Waals surface area contributed by atoms with Crippen molar-refractivity contribution >= 4 is 63.2 Å². The minimum Gasteiger partial charge on any atom is -0.508 e. The minimum atomic E-state index is -0.921. The summed E-state index contributed by atoms with van der Waals surface area (Å²) in [5, 5.41) is 76.0. The van der Waals surface area contributed by atoms with Crippen molar-refractivity contribution < 1.29 is 64.0 Å². The highest BCUT2D eigenvalue weighted by atomic mass is 19.1. The summed E-state index contributed by atoms with van der Waals surface area (Å²) in [5.74, 6) is -1.81. The standard InChI is InChI=1S/C22H21NO3.C21H19NO3.C21H21NO2.C19H13F2NO3.3CH4/c1-2-3-16-4-6-17(7-5-16)22(26)23(18-8-12-20(24)13-9-18)19-10-14-21(25)15-11-19;1-14-4-3-5-20(15(14)2)21(25)22(16-6-10-18(23)11-7-16)17-8-12-19(24)13-9-17;1-15-4-3-5-17(16(15)2)14-22(18-6-10-20(23)11-7-18)19-8-12-21(24)13-9-19;20-13-2-4-14(5-3-13)22(15-6-8-16(23)9-7-15)19(25)12-1-10-18(24)17(21)11-12;;;/h4-15,24-25H,2-3H2,1H3;3-13,23-24H,1-2H3;3-13,23-24H,14H2,1-2H3;1-11,23-24H;3*1H4. The van der Waals surface area contributed by atoms with Crippen molar-refractivity contribution in [2.45, 2.75) is 76.3 Å². The number of amides is 3. The minimum absolute atomic E-state index is 0. The fraction of sp³-hybridized carbons (Fsp3) is 0.128. The molecular formula is C86H86F2N4O11. The van der Waals surface area contributed by atoms with Crippen molar-refractivity contribution in [2.24, 2.45) is 0 Å². The second kappa shape index (κ2) is 36.8. The number of phenolic OH excluding ortho intramolecular Hbond substituents is 8. The van der Waals surface area contributed by atoms with Gasteiger partial charge in [-0.1, -0.05) is 78.1 Å². The number of aryl methyl sites for hydroxylation is 3. The third-order valence-corrected chi connectivity index (χ3v) is 16.4. The Morgan fingerprint density at radius 2 is 0.650 bits per heavy atom. The Bertz CT molecular complexity index is 4540. The van der Waals surface area contributed by atoms with Gasteiger partial charge in [-0.3, -0.25) is 29.1 Å². The van der Waals surface area contributed by atoms with Crippen LogP contribution in [-0.4, -0.2) is 58.6 Å². The molecule has 0 unspecified atom stereocenters. The summed E-state index contributed by atoms with van der Waals surface area (Å²) in [7, 11) is 0. The van der Waals surface area contributed by atoms with Crippen LogP contribution in [0.3, 0.4) is 0 Å². The molecular weight excluding hydrogens is 1300 g/mol. The number of phenols is 8. The first-order chi connectivity index (χ1) is 48.0. The lowest BCUT2D eigenvalue weighted by Gasteiger charge is -2.26. The number of anilines is 8. The lowest BCUT2D eigenvalue weighted by molar-refractivity contribution is 0.0990. The monoisotopic (exact) mass is 1390 g/mol. The second-order valence-corrected chi connectivity index (χ2v) is 23.3. The molecule has 3 amide bonds. The highest BCUT2D eigenvalue weighted by Crippen LogP contribution is 2.36. The summed E-state index contributed by atoms with van der Waals surface area (Å²) in [6.07, 6.45) is 2.04. The smallest absolute Gasteiger partial charge is 0.263 e. The average molecular weight is 1390 g/mol. The maximum atomic E-state index is 13.6. The highest BCUT2D eigenvalue weighted by Gasteiger charge is 2.25. The van der Waals surface area contributed by atoms with E-state index in [-0.39, 0.29) is 79.9 Å². The normalized spacial score (nSPS) is 10.2. The molecule has 8 N–H and O–H groups in total. The van der Waals surface area contributed by atoms with Crippen LogP contribution in [-0.2, 0) is 13.0 Å². The van der Waals surface area contributed by atoms with Crippen LogP contribution in [0.15, 0.2) is 273 Å². The largest absolute Gasteiger partial charge is 0.508 e. The maximum Gasteiger partial charge on any atom is 0.263 e. The predicted octanol–water partition coefficient (Wildman–Crippen LogP) is 21.0. The molecule has 0 bridgehead atoms. The lowest BCUT2D eigenvalue weighted by atomic mass is 10.0. The van der Waals surface area contributed by atoms with E-state index in [1.54, 1.807) is 137 Å².